The molecule has 1 aliphatic rings. The molecule has 0 spiro atoms. The molecular formula is C17H16F3N3O2. The lowest BCUT2D eigenvalue weighted by molar-refractivity contribution is -0.136. The summed E-state index contributed by atoms with van der Waals surface area (Å²) in [7, 11) is 0. The number of pyridine rings is 1. The molecule has 1 N–H and O–H groups in total. The standard InChI is InChI=1S/C17H16F3N3O2/c18-17(19,20)13-3-1-2-4-14(13)22-12-5-6-21-15(11-12)16(24)23-7-9-25-10-8-23/h1-6,11H,7-10H2,(H,21,22). The Kier molecular flexibility index (Phi) is 4.89. The molecule has 1 aliphatic heterocycles. The Bertz CT molecular complexity index is 759. The summed E-state index contributed by atoms with van der Waals surface area (Å²) < 4.78 is 44.4. The van der Waals surface area contributed by atoms with Gasteiger partial charge >= 0.3 is 6.18 Å². The van der Waals surface area contributed by atoms with Crippen LogP contribution in [0.3, 0.4) is 0 Å². The molecule has 8 heteroatoms. The molecule has 1 fully saturated rings. The van der Waals surface area contributed by atoms with E-state index >= 15 is 0 Å². The van der Waals surface area contributed by atoms with E-state index in [1.54, 1.807) is 4.90 Å². The number of carbonyl (C=O) groups excluding carboxylic acids is 1. The molecule has 132 valence electrons. The number of carbonyl (C=O) groups is 1. The summed E-state index contributed by atoms with van der Waals surface area (Å²) in [6.45, 7) is 1.86. The van der Waals surface area contributed by atoms with E-state index in [-0.39, 0.29) is 17.3 Å². The highest BCUT2D eigenvalue weighted by Crippen LogP contribution is 2.35. The molecule has 0 saturated carbocycles. The third-order valence-electron chi connectivity index (χ3n) is 3.79. The maximum Gasteiger partial charge on any atom is 0.418 e. The number of ether oxygens (including phenoxy) is 1. The number of nitrogens with zero attached hydrogens (tertiary/aromatic N) is 2. The number of aromatic nitrogens is 1. The fourth-order valence-corrected chi connectivity index (χ4v) is 2.55. The zero-order valence-corrected chi connectivity index (χ0v) is 13.2. The first-order valence-electron chi connectivity index (χ1n) is 7.71. The van der Waals surface area contributed by atoms with Crippen molar-refractivity contribution in [2.75, 3.05) is 31.6 Å². The number of hydrogen-bond acceptors (Lipinski definition) is 4. The number of amides is 1. The molecule has 0 unspecified atom stereocenters. The van der Waals surface area contributed by atoms with Gasteiger partial charge in [0.05, 0.1) is 24.5 Å². The van der Waals surface area contributed by atoms with Gasteiger partial charge in [-0.1, -0.05) is 12.1 Å². The quantitative estimate of drug-likeness (QED) is 0.922. The van der Waals surface area contributed by atoms with E-state index in [1.165, 1.54) is 36.5 Å². The summed E-state index contributed by atoms with van der Waals surface area (Å²) in [6.07, 6.45) is -3.07. The van der Waals surface area contributed by atoms with Gasteiger partial charge in [-0.25, -0.2) is 0 Å². The molecule has 1 aromatic heterocycles. The van der Waals surface area contributed by atoms with E-state index in [9.17, 15) is 18.0 Å². The third-order valence-corrected chi connectivity index (χ3v) is 3.79. The first kappa shape index (κ1) is 17.2. The van der Waals surface area contributed by atoms with Crippen LogP contribution in [0.2, 0.25) is 0 Å². The Labute approximate surface area is 142 Å². The zero-order valence-electron chi connectivity index (χ0n) is 13.2. The summed E-state index contributed by atoms with van der Waals surface area (Å²) in [5.41, 5.74) is -0.307. The number of alkyl halides is 3. The monoisotopic (exact) mass is 351 g/mol. The third kappa shape index (κ3) is 4.08. The van der Waals surface area contributed by atoms with Crippen LogP contribution >= 0.6 is 0 Å². The number of rotatable bonds is 3. The first-order chi connectivity index (χ1) is 11.9. The number of para-hydroxylation sites is 1. The fourth-order valence-electron chi connectivity index (χ4n) is 2.55. The van der Waals surface area contributed by atoms with Crippen LogP contribution in [-0.2, 0) is 10.9 Å². The van der Waals surface area contributed by atoms with E-state index in [1.807, 2.05) is 0 Å². The fraction of sp³-hybridized carbons (Fsp3) is 0.294. The summed E-state index contributed by atoms with van der Waals surface area (Å²) >= 11 is 0. The van der Waals surface area contributed by atoms with Gasteiger partial charge in [0.25, 0.3) is 5.91 Å². The van der Waals surface area contributed by atoms with Crippen LogP contribution in [0.5, 0.6) is 0 Å². The van der Waals surface area contributed by atoms with Crippen LogP contribution in [0.15, 0.2) is 42.6 Å². The van der Waals surface area contributed by atoms with Crippen molar-refractivity contribution in [3.8, 4) is 0 Å². The second-order valence-electron chi connectivity index (χ2n) is 5.50. The second-order valence-corrected chi connectivity index (χ2v) is 5.50. The summed E-state index contributed by atoms with van der Waals surface area (Å²) in [4.78, 5) is 18.1. The normalized spacial score (nSPS) is 15.1. The molecular weight excluding hydrogens is 335 g/mol. The maximum atomic E-state index is 13.1. The molecule has 0 bridgehead atoms. The van der Waals surface area contributed by atoms with Crippen LogP contribution in [0.25, 0.3) is 0 Å². The van der Waals surface area contributed by atoms with Crippen molar-refractivity contribution in [3.63, 3.8) is 0 Å². The zero-order chi connectivity index (χ0) is 17.9. The molecule has 1 saturated heterocycles. The van der Waals surface area contributed by atoms with Crippen molar-refractivity contribution < 1.29 is 22.7 Å². The van der Waals surface area contributed by atoms with Gasteiger partial charge in [0, 0.05) is 25.0 Å². The molecule has 0 radical (unpaired) electrons. The van der Waals surface area contributed by atoms with Gasteiger partial charge in [0.1, 0.15) is 5.69 Å². The summed E-state index contributed by atoms with van der Waals surface area (Å²) in [5.74, 6) is -0.268. The van der Waals surface area contributed by atoms with Gasteiger partial charge in [-0.05, 0) is 24.3 Å². The number of benzene rings is 1. The lowest BCUT2D eigenvalue weighted by Crippen LogP contribution is -2.41. The second kappa shape index (κ2) is 7.10. The van der Waals surface area contributed by atoms with Gasteiger partial charge in [-0.2, -0.15) is 13.2 Å². The molecule has 2 heterocycles. The van der Waals surface area contributed by atoms with Gasteiger partial charge in [0.15, 0.2) is 0 Å². The largest absolute Gasteiger partial charge is 0.418 e. The minimum absolute atomic E-state index is 0.0778. The van der Waals surface area contributed by atoms with E-state index in [0.717, 1.165) is 6.07 Å². The average Bonchev–Trinajstić information content (AvgIpc) is 2.62. The van der Waals surface area contributed by atoms with Gasteiger partial charge in [-0.15, -0.1) is 0 Å². The SMILES string of the molecule is O=C(c1cc(Nc2ccccc2C(F)(F)F)ccn1)N1CCOCC1. The maximum absolute atomic E-state index is 13.1. The topological polar surface area (TPSA) is 54.5 Å². The summed E-state index contributed by atoms with van der Waals surface area (Å²) in [5, 5.41) is 2.72. The Balaban J connectivity index is 1.82. The van der Waals surface area contributed by atoms with Gasteiger partial charge in [-0.3, -0.25) is 9.78 Å². The first-order valence-corrected chi connectivity index (χ1v) is 7.71. The number of morpholine rings is 1. The van der Waals surface area contributed by atoms with Gasteiger partial charge in [0.2, 0.25) is 0 Å². The van der Waals surface area contributed by atoms with Crippen molar-refractivity contribution in [2.45, 2.75) is 6.18 Å². The highest BCUT2D eigenvalue weighted by Gasteiger charge is 2.33. The molecule has 3 rings (SSSR count). The van der Waals surface area contributed by atoms with E-state index in [4.69, 9.17) is 4.74 Å². The van der Waals surface area contributed by atoms with Crippen LogP contribution < -0.4 is 5.32 Å². The summed E-state index contributed by atoms with van der Waals surface area (Å²) in [6, 6.07) is 8.15. The Morgan fingerprint density at radius 3 is 2.60 bits per heavy atom. The Hall–Kier alpha value is -2.61. The molecule has 1 amide bonds. The number of anilines is 2. The Morgan fingerprint density at radius 2 is 1.88 bits per heavy atom. The highest BCUT2D eigenvalue weighted by atomic mass is 19.4. The molecule has 0 atom stereocenters. The highest BCUT2D eigenvalue weighted by molar-refractivity contribution is 5.93. The van der Waals surface area contributed by atoms with Crippen molar-refractivity contribution >= 4 is 17.3 Å². The average molecular weight is 351 g/mol. The Morgan fingerprint density at radius 1 is 1.16 bits per heavy atom. The van der Waals surface area contributed by atoms with Crippen LogP contribution in [0.4, 0.5) is 24.5 Å². The van der Waals surface area contributed by atoms with Crippen molar-refractivity contribution in [3.05, 3.63) is 53.9 Å². The van der Waals surface area contributed by atoms with E-state index in [0.29, 0.717) is 32.0 Å². The van der Waals surface area contributed by atoms with E-state index in [2.05, 4.69) is 10.3 Å². The van der Waals surface area contributed by atoms with Crippen molar-refractivity contribution in [2.24, 2.45) is 0 Å². The molecule has 2 aromatic rings. The molecule has 25 heavy (non-hydrogen) atoms. The van der Waals surface area contributed by atoms with Gasteiger partial charge < -0.3 is 15.0 Å². The van der Waals surface area contributed by atoms with Crippen LogP contribution in [0, 0.1) is 0 Å². The van der Waals surface area contributed by atoms with Crippen molar-refractivity contribution in [1.82, 2.24) is 9.88 Å². The number of nitrogens with one attached hydrogen (secondary N) is 1. The number of hydrogen-bond donors (Lipinski definition) is 1. The number of halogens is 3. The van der Waals surface area contributed by atoms with Crippen LogP contribution in [0.1, 0.15) is 16.1 Å². The van der Waals surface area contributed by atoms with Crippen molar-refractivity contribution in [1.29, 1.82) is 0 Å². The predicted molar refractivity (Wildman–Crippen MR) is 85.7 cm³/mol. The van der Waals surface area contributed by atoms with Crippen LogP contribution in [-0.4, -0.2) is 42.1 Å². The molecule has 0 aliphatic carbocycles. The lowest BCUT2D eigenvalue weighted by Gasteiger charge is -2.26. The predicted octanol–water partition coefficient (Wildman–Crippen LogP) is 3.32. The lowest BCUT2D eigenvalue weighted by atomic mass is 10.1. The minimum atomic E-state index is -4.47. The smallest absolute Gasteiger partial charge is 0.378 e. The molecule has 5 nitrogen and oxygen atoms in total. The molecule has 1 aromatic carbocycles. The minimum Gasteiger partial charge on any atom is -0.378 e. The van der Waals surface area contributed by atoms with E-state index < -0.39 is 11.7 Å².